The highest BCUT2D eigenvalue weighted by atomic mass is 35.5. The molecule has 0 saturated heterocycles. The molecule has 0 aliphatic rings. The largest absolute Gasteiger partial charge is 0.387 e. The van der Waals surface area contributed by atoms with Crippen molar-refractivity contribution in [2.24, 2.45) is 0 Å². The Morgan fingerprint density at radius 2 is 1.82 bits per heavy atom. The van der Waals surface area contributed by atoms with E-state index in [2.05, 4.69) is 5.32 Å². The van der Waals surface area contributed by atoms with Crippen molar-refractivity contribution in [1.82, 2.24) is 0 Å². The lowest BCUT2D eigenvalue weighted by atomic mass is 10.1. The number of aliphatic hydroxyl groups is 1. The molecule has 2 aromatic rings. The van der Waals surface area contributed by atoms with E-state index in [9.17, 15) is 5.11 Å². The molecule has 17 heavy (non-hydrogen) atoms. The average molecular weight is 248 g/mol. The highest BCUT2D eigenvalue weighted by molar-refractivity contribution is 6.30. The van der Waals surface area contributed by atoms with Crippen LogP contribution in [0.15, 0.2) is 54.6 Å². The highest BCUT2D eigenvalue weighted by Gasteiger charge is 2.05. The molecule has 1 atom stereocenters. The molecule has 2 N–H and O–H groups in total. The summed E-state index contributed by atoms with van der Waals surface area (Å²) in [5.74, 6) is 0. The van der Waals surface area contributed by atoms with E-state index in [4.69, 9.17) is 11.6 Å². The first-order valence-electron chi connectivity index (χ1n) is 5.48. The van der Waals surface area contributed by atoms with E-state index in [-0.39, 0.29) is 0 Å². The molecule has 88 valence electrons. The Morgan fingerprint density at radius 1 is 1.06 bits per heavy atom. The molecule has 2 rings (SSSR count). The number of anilines is 1. The number of halogens is 1. The third kappa shape index (κ3) is 3.48. The third-order valence-corrected chi connectivity index (χ3v) is 2.74. The van der Waals surface area contributed by atoms with Crippen molar-refractivity contribution in [2.75, 3.05) is 11.9 Å². The molecule has 2 aromatic carbocycles. The van der Waals surface area contributed by atoms with Crippen molar-refractivity contribution < 1.29 is 5.11 Å². The first-order chi connectivity index (χ1) is 8.25. The van der Waals surface area contributed by atoms with Crippen molar-refractivity contribution in [3.05, 3.63) is 65.2 Å². The molecule has 0 amide bonds. The van der Waals surface area contributed by atoms with Crippen molar-refractivity contribution >= 4 is 17.3 Å². The first kappa shape index (κ1) is 12.0. The predicted molar refractivity (Wildman–Crippen MR) is 71.3 cm³/mol. The fraction of sp³-hybridized carbons (Fsp3) is 0.143. The van der Waals surface area contributed by atoms with Gasteiger partial charge in [0.25, 0.3) is 0 Å². The molecular weight excluding hydrogens is 234 g/mol. The zero-order valence-electron chi connectivity index (χ0n) is 9.31. The molecule has 0 aliphatic carbocycles. The van der Waals surface area contributed by atoms with Crippen LogP contribution in [-0.2, 0) is 0 Å². The molecule has 0 fully saturated rings. The van der Waals surface area contributed by atoms with Crippen LogP contribution in [0.3, 0.4) is 0 Å². The summed E-state index contributed by atoms with van der Waals surface area (Å²) in [6, 6.07) is 17.0. The standard InChI is InChI=1S/C14H14ClNO/c15-12-7-4-8-13(9-12)16-10-14(17)11-5-2-1-3-6-11/h1-9,14,16-17H,10H2/t14-/m1/s1. The maximum absolute atomic E-state index is 9.96. The lowest BCUT2D eigenvalue weighted by molar-refractivity contribution is 0.191. The molecule has 0 aromatic heterocycles. The minimum absolute atomic E-state index is 0.463. The van der Waals surface area contributed by atoms with Gasteiger partial charge in [-0.3, -0.25) is 0 Å². The van der Waals surface area contributed by atoms with E-state index in [1.807, 2.05) is 54.6 Å². The monoisotopic (exact) mass is 247 g/mol. The van der Waals surface area contributed by atoms with Crippen LogP contribution >= 0.6 is 11.6 Å². The topological polar surface area (TPSA) is 32.3 Å². The van der Waals surface area contributed by atoms with Gasteiger partial charge in [0.05, 0.1) is 6.10 Å². The number of aliphatic hydroxyl groups excluding tert-OH is 1. The second-order valence-corrected chi connectivity index (χ2v) is 4.25. The minimum Gasteiger partial charge on any atom is -0.387 e. The zero-order chi connectivity index (χ0) is 12.1. The van der Waals surface area contributed by atoms with Crippen LogP contribution in [0, 0.1) is 0 Å². The van der Waals surface area contributed by atoms with Gasteiger partial charge in [-0.2, -0.15) is 0 Å². The van der Waals surface area contributed by atoms with E-state index in [1.54, 1.807) is 0 Å². The summed E-state index contributed by atoms with van der Waals surface area (Å²) in [5.41, 5.74) is 1.81. The molecule has 0 aliphatic heterocycles. The Bertz CT molecular complexity index is 473. The highest BCUT2D eigenvalue weighted by Crippen LogP contribution is 2.17. The summed E-state index contributed by atoms with van der Waals surface area (Å²) < 4.78 is 0. The quantitative estimate of drug-likeness (QED) is 0.867. The van der Waals surface area contributed by atoms with Gasteiger partial charge in [-0.15, -0.1) is 0 Å². The average Bonchev–Trinajstić information content (AvgIpc) is 2.37. The summed E-state index contributed by atoms with van der Waals surface area (Å²) in [4.78, 5) is 0. The van der Waals surface area contributed by atoms with Crippen molar-refractivity contribution in [3.63, 3.8) is 0 Å². The normalized spacial score (nSPS) is 12.1. The van der Waals surface area contributed by atoms with E-state index in [1.165, 1.54) is 0 Å². The number of benzene rings is 2. The van der Waals surface area contributed by atoms with E-state index in [0.717, 1.165) is 11.3 Å². The molecule has 0 bridgehead atoms. The van der Waals surface area contributed by atoms with Crippen LogP contribution in [0.2, 0.25) is 5.02 Å². The summed E-state index contributed by atoms with van der Waals surface area (Å²) >= 11 is 5.87. The van der Waals surface area contributed by atoms with Crippen LogP contribution in [0.4, 0.5) is 5.69 Å². The Hall–Kier alpha value is -1.51. The predicted octanol–water partition coefficient (Wildman–Crippen LogP) is 3.49. The summed E-state index contributed by atoms with van der Waals surface area (Å²) in [7, 11) is 0. The maximum atomic E-state index is 9.96. The Kier molecular flexibility index (Phi) is 4.02. The van der Waals surface area contributed by atoms with Gasteiger partial charge >= 0.3 is 0 Å². The Labute approximate surface area is 106 Å². The number of hydrogen-bond donors (Lipinski definition) is 2. The lowest BCUT2D eigenvalue weighted by Crippen LogP contribution is -2.11. The Morgan fingerprint density at radius 3 is 2.53 bits per heavy atom. The maximum Gasteiger partial charge on any atom is 0.0962 e. The Balaban J connectivity index is 1.95. The van der Waals surface area contributed by atoms with E-state index < -0.39 is 6.10 Å². The molecule has 0 heterocycles. The van der Waals surface area contributed by atoms with Gasteiger partial charge < -0.3 is 10.4 Å². The first-order valence-corrected chi connectivity index (χ1v) is 5.86. The lowest BCUT2D eigenvalue weighted by Gasteiger charge is -2.13. The van der Waals surface area contributed by atoms with Crippen molar-refractivity contribution in [1.29, 1.82) is 0 Å². The molecule has 0 unspecified atom stereocenters. The van der Waals surface area contributed by atoms with Crippen LogP contribution in [0.5, 0.6) is 0 Å². The van der Waals surface area contributed by atoms with E-state index in [0.29, 0.717) is 11.6 Å². The van der Waals surface area contributed by atoms with Gasteiger partial charge in [-0.1, -0.05) is 48.0 Å². The molecule has 0 spiro atoms. The van der Waals surface area contributed by atoms with Crippen LogP contribution in [0.1, 0.15) is 11.7 Å². The van der Waals surface area contributed by atoms with Gasteiger partial charge in [0.2, 0.25) is 0 Å². The smallest absolute Gasteiger partial charge is 0.0962 e. The molecule has 0 radical (unpaired) electrons. The fourth-order valence-electron chi connectivity index (χ4n) is 1.61. The summed E-state index contributed by atoms with van der Waals surface area (Å²) in [6.07, 6.45) is -0.518. The van der Waals surface area contributed by atoms with Crippen LogP contribution in [0.25, 0.3) is 0 Å². The van der Waals surface area contributed by atoms with Crippen LogP contribution in [-0.4, -0.2) is 11.7 Å². The summed E-state index contributed by atoms with van der Waals surface area (Å²) in [5, 5.41) is 13.8. The van der Waals surface area contributed by atoms with Gasteiger partial charge in [0.15, 0.2) is 0 Å². The SMILES string of the molecule is O[C@H](CNc1cccc(Cl)c1)c1ccccc1. The van der Waals surface area contributed by atoms with Gasteiger partial charge in [0.1, 0.15) is 0 Å². The molecular formula is C14H14ClNO. The van der Waals surface area contributed by atoms with E-state index >= 15 is 0 Å². The fourth-order valence-corrected chi connectivity index (χ4v) is 1.80. The zero-order valence-corrected chi connectivity index (χ0v) is 10.1. The number of hydrogen-bond acceptors (Lipinski definition) is 2. The summed E-state index contributed by atoms with van der Waals surface area (Å²) in [6.45, 7) is 0.463. The minimum atomic E-state index is -0.518. The molecule has 2 nitrogen and oxygen atoms in total. The third-order valence-electron chi connectivity index (χ3n) is 2.51. The number of nitrogens with one attached hydrogen (secondary N) is 1. The van der Waals surface area contributed by atoms with Crippen molar-refractivity contribution in [2.45, 2.75) is 6.10 Å². The number of rotatable bonds is 4. The molecule has 3 heteroatoms. The van der Waals surface area contributed by atoms with Gasteiger partial charge in [-0.25, -0.2) is 0 Å². The molecule has 0 saturated carbocycles. The van der Waals surface area contributed by atoms with Crippen LogP contribution < -0.4 is 5.32 Å². The van der Waals surface area contributed by atoms with Gasteiger partial charge in [0, 0.05) is 17.3 Å². The van der Waals surface area contributed by atoms with Crippen molar-refractivity contribution in [3.8, 4) is 0 Å². The van der Waals surface area contributed by atoms with Gasteiger partial charge in [-0.05, 0) is 23.8 Å². The second-order valence-electron chi connectivity index (χ2n) is 3.82. The second kappa shape index (κ2) is 5.71.